The van der Waals surface area contributed by atoms with Gasteiger partial charge in [-0.15, -0.1) is 0 Å². The second-order valence-corrected chi connectivity index (χ2v) is 9.68. The number of pyridine rings is 1. The molecule has 1 spiro atoms. The quantitative estimate of drug-likeness (QED) is 0.744. The Kier molecular flexibility index (Phi) is 5.07. The molecule has 2 aliphatic heterocycles. The van der Waals surface area contributed by atoms with Crippen molar-refractivity contribution in [1.29, 1.82) is 0 Å². The zero-order valence-corrected chi connectivity index (χ0v) is 18.4. The minimum absolute atomic E-state index is 0.0205. The average Bonchev–Trinajstić information content (AvgIpc) is 3.37. The Balaban J connectivity index is 1.50. The van der Waals surface area contributed by atoms with Gasteiger partial charge in [-0.3, -0.25) is 19.3 Å². The molecule has 1 saturated carbocycles. The molecule has 2 amide bonds. The van der Waals surface area contributed by atoms with Gasteiger partial charge in [-0.25, -0.2) is 0 Å². The predicted octanol–water partition coefficient (Wildman–Crippen LogP) is 3.00. The van der Waals surface area contributed by atoms with Crippen molar-refractivity contribution in [3.8, 4) is 0 Å². The summed E-state index contributed by atoms with van der Waals surface area (Å²) in [4.78, 5) is 35.1. The van der Waals surface area contributed by atoms with Crippen molar-refractivity contribution in [3.05, 3.63) is 48.0 Å². The van der Waals surface area contributed by atoms with Gasteiger partial charge in [0.25, 0.3) is 0 Å². The van der Waals surface area contributed by atoms with Gasteiger partial charge in [-0.05, 0) is 63.3 Å². The van der Waals surface area contributed by atoms with E-state index in [4.69, 9.17) is 0 Å². The Bertz CT molecular complexity index is 967. The number of carbonyl (C=O) groups excluding carboxylic acids is 2. The molecule has 164 valence electrons. The van der Waals surface area contributed by atoms with Crippen molar-refractivity contribution in [3.63, 3.8) is 0 Å². The van der Waals surface area contributed by atoms with E-state index >= 15 is 0 Å². The maximum absolute atomic E-state index is 14.0. The summed E-state index contributed by atoms with van der Waals surface area (Å²) in [6.07, 6.45) is 9.12. The summed E-state index contributed by atoms with van der Waals surface area (Å²) in [6, 6.07) is 6.20. The first-order valence-corrected chi connectivity index (χ1v) is 11.5. The molecule has 7 nitrogen and oxygen atoms in total. The summed E-state index contributed by atoms with van der Waals surface area (Å²) in [5.74, 6) is 0.560. The highest BCUT2D eigenvalue weighted by atomic mass is 16.2. The van der Waals surface area contributed by atoms with Crippen molar-refractivity contribution < 1.29 is 9.59 Å². The number of piperidine rings is 1. The molecule has 31 heavy (non-hydrogen) atoms. The van der Waals surface area contributed by atoms with E-state index in [2.05, 4.69) is 23.9 Å². The molecule has 3 fully saturated rings. The van der Waals surface area contributed by atoms with E-state index in [0.29, 0.717) is 19.6 Å². The first kappa shape index (κ1) is 20.2. The summed E-state index contributed by atoms with van der Waals surface area (Å²) in [6.45, 7) is 6.73. The molecule has 2 aromatic rings. The van der Waals surface area contributed by atoms with Crippen LogP contribution < -0.4 is 0 Å². The lowest BCUT2D eigenvalue weighted by molar-refractivity contribution is -0.148. The highest BCUT2D eigenvalue weighted by molar-refractivity contribution is 5.88. The summed E-state index contributed by atoms with van der Waals surface area (Å²) < 4.78 is 2.03. The Morgan fingerprint density at radius 2 is 1.97 bits per heavy atom. The zero-order valence-electron chi connectivity index (χ0n) is 18.4. The second kappa shape index (κ2) is 7.77. The largest absolute Gasteiger partial charge is 0.341 e. The molecule has 2 atom stereocenters. The highest BCUT2D eigenvalue weighted by Crippen LogP contribution is 2.51. The van der Waals surface area contributed by atoms with Crippen LogP contribution in [0.1, 0.15) is 62.7 Å². The fourth-order valence-electron chi connectivity index (χ4n) is 5.51. The van der Waals surface area contributed by atoms with E-state index in [1.54, 1.807) is 12.4 Å². The summed E-state index contributed by atoms with van der Waals surface area (Å²) in [5, 5.41) is 4.55. The van der Waals surface area contributed by atoms with E-state index in [1.807, 2.05) is 38.9 Å². The normalized spacial score (nSPS) is 26.3. The molecule has 0 radical (unpaired) electrons. The second-order valence-electron chi connectivity index (χ2n) is 9.68. The fraction of sp³-hybridized carbons (Fsp3) is 0.583. The number of hydrogen-bond acceptors (Lipinski definition) is 4. The van der Waals surface area contributed by atoms with Crippen molar-refractivity contribution in [1.82, 2.24) is 24.6 Å². The third kappa shape index (κ3) is 3.54. The first-order chi connectivity index (χ1) is 15.0. The number of carbonyl (C=O) groups is 2. The van der Waals surface area contributed by atoms with Gasteiger partial charge in [-0.2, -0.15) is 5.10 Å². The van der Waals surface area contributed by atoms with E-state index < -0.39 is 5.41 Å². The third-order valence-corrected chi connectivity index (χ3v) is 7.22. The molecular formula is C24H31N5O2. The van der Waals surface area contributed by atoms with Gasteiger partial charge in [0, 0.05) is 68.3 Å². The molecule has 1 aliphatic carbocycles. The average molecular weight is 422 g/mol. The van der Waals surface area contributed by atoms with Gasteiger partial charge in [0.05, 0.1) is 5.41 Å². The molecule has 2 aromatic heterocycles. The first-order valence-electron chi connectivity index (χ1n) is 11.5. The van der Waals surface area contributed by atoms with Gasteiger partial charge in [0.2, 0.25) is 11.8 Å². The Morgan fingerprint density at radius 3 is 2.68 bits per heavy atom. The number of rotatable bonds is 5. The molecule has 0 N–H and O–H groups in total. The smallest absolute Gasteiger partial charge is 0.231 e. The Morgan fingerprint density at radius 1 is 1.19 bits per heavy atom. The van der Waals surface area contributed by atoms with Crippen LogP contribution in [0.5, 0.6) is 0 Å². The monoisotopic (exact) mass is 421 g/mol. The molecule has 4 heterocycles. The van der Waals surface area contributed by atoms with Crippen molar-refractivity contribution in [2.24, 2.45) is 11.3 Å². The molecule has 3 aliphatic rings. The fourth-order valence-corrected chi connectivity index (χ4v) is 5.51. The summed E-state index contributed by atoms with van der Waals surface area (Å²) in [7, 11) is 0. The van der Waals surface area contributed by atoms with Crippen LogP contribution in [0, 0.1) is 11.3 Å². The van der Waals surface area contributed by atoms with Crippen LogP contribution in [0.4, 0.5) is 0 Å². The zero-order chi connectivity index (χ0) is 21.6. The molecule has 0 unspecified atom stereocenters. The van der Waals surface area contributed by atoms with E-state index in [0.717, 1.165) is 43.5 Å². The van der Waals surface area contributed by atoms with Gasteiger partial charge >= 0.3 is 0 Å². The standard InChI is InChI=1S/C24H31N5O2/c1-17(2)29-21(8-12-26-29)20-15-28(22(30)19-4-5-19)16-24(20)9-3-13-27(23(24)31)14-18-6-10-25-11-7-18/h6-8,10-12,17,19-20H,3-5,9,13-16H2,1-2H3/t20-,24+/m0/s1. The van der Waals surface area contributed by atoms with Crippen LogP contribution >= 0.6 is 0 Å². The lowest BCUT2D eigenvalue weighted by atomic mass is 9.70. The number of nitrogens with zero attached hydrogens (tertiary/aromatic N) is 5. The molecule has 0 bridgehead atoms. The lowest BCUT2D eigenvalue weighted by Gasteiger charge is -2.42. The number of aromatic nitrogens is 3. The number of likely N-dealkylation sites (tertiary alicyclic amines) is 2. The minimum atomic E-state index is -0.567. The van der Waals surface area contributed by atoms with E-state index in [-0.39, 0.29) is 29.7 Å². The maximum atomic E-state index is 14.0. The third-order valence-electron chi connectivity index (χ3n) is 7.22. The van der Waals surface area contributed by atoms with Crippen molar-refractivity contribution in [2.45, 2.75) is 58.0 Å². The van der Waals surface area contributed by atoms with Crippen LogP contribution in [0.2, 0.25) is 0 Å². The van der Waals surface area contributed by atoms with E-state index in [9.17, 15) is 9.59 Å². The van der Waals surface area contributed by atoms with Gasteiger partial charge in [0.15, 0.2) is 0 Å². The number of amides is 2. The lowest BCUT2D eigenvalue weighted by Crippen LogP contribution is -2.52. The molecule has 0 aromatic carbocycles. The predicted molar refractivity (Wildman–Crippen MR) is 116 cm³/mol. The van der Waals surface area contributed by atoms with Crippen LogP contribution in [-0.4, -0.2) is 56.0 Å². The summed E-state index contributed by atoms with van der Waals surface area (Å²) in [5.41, 5.74) is 1.61. The van der Waals surface area contributed by atoms with Crippen molar-refractivity contribution >= 4 is 11.8 Å². The molecule has 5 rings (SSSR count). The molecule has 7 heteroatoms. The van der Waals surface area contributed by atoms with Crippen LogP contribution in [-0.2, 0) is 16.1 Å². The van der Waals surface area contributed by atoms with Crippen LogP contribution in [0.3, 0.4) is 0 Å². The maximum Gasteiger partial charge on any atom is 0.231 e. The highest BCUT2D eigenvalue weighted by Gasteiger charge is 2.57. The van der Waals surface area contributed by atoms with Crippen LogP contribution in [0.15, 0.2) is 36.8 Å². The Hall–Kier alpha value is -2.70. The SMILES string of the molecule is CC(C)n1nccc1[C@@H]1CN(C(=O)C2CC2)C[C@]12CCCN(Cc1ccncc1)C2=O. The molecule has 2 saturated heterocycles. The van der Waals surface area contributed by atoms with Crippen molar-refractivity contribution in [2.75, 3.05) is 19.6 Å². The van der Waals surface area contributed by atoms with Gasteiger partial charge in [0.1, 0.15) is 0 Å². The van der Waals surface area contributed by atoms with E-state index in [1.165, 1.54) is 0 Å². The van der Waals surface area contributed by atoms with Crippen LogP contribution in [0.25, 0.3) is 0 Å². The number of hydrogen-bond donors (Lipinski definition) is 0. The van der Waals surface area contributed by atoms with Gasteiger partial charge < -0.3 is 9.80 Å². The topological polar surface area (TPSA) is 71.3 Å². The Labute approximate surface area is 183 Å². The van der Waals surface area contributed by atoms with Gasteiger partial charge in [-0.1, -0.05) is 0 Å². The minimum Gasteiger partial charge on any atom is -0.341 e. The molecular weight excluding hydrogens is 390 g/mol. The summed E-state index contributed by atoms with van der Waals surface area (Å²) >= 11 is 0.